The molecule has 53 heavy (non-hydrogen) atoms. The summed E-state index contributed by atoms with van der Waals surface area (Å²) in [6.07, 6.45) is 5.89. The van der Waals surface area contributed by atoms with Crippen molar-refractivity contribution < 1.29 is 19.0 Å². The summed E-state index contributed by atoms with van der Waals surface area (Å²) in [5, 5.41) is 1.16. The Balaban J connectivity index is 0.838. The standard InChI is InChI=1S/C43H41ClN4O4S/c1-30-7-9-34(10-8-30)29-51-36-16-17-40(45-27-36)52-42-31(2)25-35(26-37(42)44)15-18-41(49)48-22-20-47(21-23-48)28-33-13-11-32(12-14-33)19-24-50-43-46-38-5-3-4-6-39(38)53-43/h3-18,25-27H,19-24,28-29H2,1-2H3/b18-15+. The van der Waals surface area contributed by atoms with Crippen molar-refractivity contribution in [3.05, 3.63) is 148 Å². The highest BCUT2D eigenvalue weighted by Gasteiger charge is 2.20. The molecular formula is C43H41ClN4O4S. The first-order chi connectivity index (χ1) is 25.8. The van der Waals surface area contributed by atoms with Crippen molar-refractivity contribution in [3.63, 3.8) is 0 Å². The van der Waals surface area contributed by atoms with Crippen LogP contribution in [0.15, 0.2) is 109 Å². The van der Waals surface area contributed by atoms with E-state index >= 15 is 0 Å². The number of carbonyl (C=O) groups is 1. The number of nitrogens with zero attached hydrogens (tertiary/aromatic N) is 4. The van der Waals surface area contributed by atoms with Gasteiger partial charge in [0.15, 0.2) is 5.75 Å². The summed E-state index contributed by atoms with van der Waals surface area (Å²) in [6, 6.07) is 32.4. The van der Waals surface area contributed by atoms with Gasteiger partial charge in [-0.1, -0.05) is 89.2 Å². The average Bonchev–Trinajstić information content (AvgIpc) is 3.59. The maximum Gasteiger partial charge on any atom is 0.274 e. The number of halogens is 1. The number of thiazole rings is 1. The number of aromatic nitrogens is 2. The Labute approximate surface area is 319 Å². The SMILES string of the molecule is Cc1ccc(COc2ccc(Oc3c(C)cc(/C=C/C(=O)N4CCN(Cc5ccc(CCOc6nc7ccccc7s6)cc5)CC4)cc3Cl)nc2)cc1. The summed E-state index contributed by atoms with van der Waals surface area (Å²) in [6.45, 7) is 8.89. The third-order valence-corrected chi connectivity index (χ3v) is 10.3. The van der Waals surface area contributed by atoms with E-state index in [0.717, 1.165) is 53.0 Å². The van der Waals surface area contributed by atoms with E-state index < -0.39 is 0 Å². The second-order valence-electron chi connectivity index (χ2n) is 13.2. The van der Waals surface area contributed by atoms with E-state index in [4.69, 9.17) is 25.8 Å². The largest absolute Gasteiger partial charge is 0.487 e. The van der Waals surface area contributed by atoms with Crippen LogP contribution in [0.5, 0.6) is 22.6 Å². The Morgan fingerprint density at radius 1 is 0.868 bits per heavy atom. The predicted octanol–water partition coefficient (Wildman–Crippen LogP) is 9.31. The summed E-state index contributed by atoms with van der Waals surface area (Å²) in [4.78, 5) is 26.3. The lowest BCUT2D eigenvalue weighted by Crippen LogP contribution is -2.47. The Kier molecular flexibility index (Phi) is 11.6. The average molecular weight is 745 g/mol. The second kappa shape index (κ2) is 17.1. The van der Waals surface area contributed by atoms with Gasteiger partial charge in [-0.2, -0.15) is 0 Å². The van der Waals surface area contributed by atoms with Crippen LogP contribution in [0.3, 0.4) is 0 Å². The number of fused-ring (bicyclic) bond motifs is 1. The summed E-state index contributed by atoms with van der Waals surface area (Å²) >= 11 is 8.22. The van der Waals surface area contributed by atoms with Gasteiger partial charge >= 0.3 is 0 Å². The van der Waals surface area contributed by atoms with Crippen molar-refractivity contribution >= 4 is 45.1 Å². The molecule has 1 amide bonds. The number of ether oxygens (including phenoxy) is 3. The molecule has 2 aromatic heterocycles. The molecule has 270 valence electrons. The Morgan fingerprint density at radius 2 is 1.62 bits per heavy atom. The highest BCUT2D eigenvalue weighted by Crippen LogP contribution is 2.34. The molecule has 1 aliphatic rings. The topological polar surface area (TPSA) is 77.0 Å². The van der Waals surface area contributed by atoms with Crippen LogP contribution in [0.2, 0.25) is 5.02 Å². The van der Waals surface area contributed by atoms with Gasteiger partial charge < -0.3 is 19.1 Å². The zero-order valence-corrected chi connectivity index (χ0v) is 31.4. The maximum atomic E-state index is 13.1. The number of rotatable bonds is 13. The Bertz CT molecular complexity index is 2120. The molecule has 0 aliphatic carbocycles. The van der Waals surface area contributed by atoms with E-state index in [9.17, 15) is 4.79 Å². The van der Waals surface area contributed by atoms with E-state index in [2.05, 4.69) is 64.3 Å². The minimum absolute atomic E-state index is 0.00921. The molecule has 0 spiro atoms. The summed E-state index contributed by atoms with van der Waals surface area (Å²) in [5.41, 5.74) is 7.44. The molecule has 7 rings (SSSR count). The van der Waals surface area contributed by atoms with Crippen molar-refractivity contribution in [2.45, 2.75) is 33.4 Å². The van der Waals surface area contributed by atoms with Gasteiger partial charge in [-0.05, 0) is 78.1 Å². The van der Waals surface area contributed by atoms with Gasteiger partial charge in [-0.25, -0.2) is 9.97 Å². The monoisotopic (exact) mass is 744 g/mol. The number of piperazine rings is 1. The lowest BCUT2D eigenvalue weighted by molar-refractivity contribution is -0.127. The van der Waals surface area contributed by atoms with E-state index in [1.54, 1.807) is 41.8 Å². The lowest BCUT2D eigenvalue weighted by Gasteiger charge is -2.34. The first kappa shape index (κ1) is 36.2. The second-order valence-corrected chi connectivity index (χ2v) is 14.6. The molecule has 1 fully saturated rings. The summed E-state index contributed by atoms with van der Waals surface area (Å²) < 4.78 is 19.0. The normalized spacial score (nSPS) is 13.5. The fraction of sp³-hybridized carbons (Fsp3) is 0.233. The smallest absolute Gasteiger partial charge is 0.274 e. The molecule has 0 bridgehead atoms. The number of amides is 1. The number of hydrogen-bond donors (Lipinski definition) is 0. The quantitative estimate of drug-likeness (QED) is 0.109. The van der Waals surface area contributed by atoms with Crippen molar-refractivity contribution in [1.82, 2.24) is 19.8 Å². The van der Waals surface area contributed by atoms with Gasteiger partial charge in [0.05, 0.1) is 28.0 Å². The molecular weight excluding hydrogens is 704 g/mol. The van der Waals surface area contributed by atoms with Gasteiger partial charge in [0.1, 0.15) is 12.4 Å². The number of para-hydroxylation sites is 1. The van der Waals surface area contributed by atoms with Crippen LogP contribution in [-0.2, 0) is 24.4 Å². The number of aryl methyl sites for hydroxylation is 2. The molecule has 1 aliphatic heterocycles. The van der Waals surface area contributed by atoms with Crippen LogP contribution >= 0.6 is 22.9 Å². The van der Waals surface area contributed by atoms with Crippen LogP contribution in [0.25, 0.3) is 16.3 Å². The van der Waals surface area contributed by atoms with Crippen LogP contribution < -0.4 is 14.2 Å². The first-order valence-electron chi connectivity index (χ1n) is 17.7. The van der Waals surface area contributed by atoms with Crippen molar-refractivity contribution in [2.24, 2.45) is 0 Å². The van der Waals surface area contributed by atoms with E-state index in [1.807, 2.05) is 54.3 Å². The molecule has 10 heteroatoms. The van der Waals surface area contributed by atoms with Crippen molar-refractivity contribution in [2.75, 3.05) is 32.8 Å². The highest BCUT2D eigenvalue weighted by atomic mass is 35.5. The summed E-state index contributed by atoms with van der Waals surface area (Å²) in [7, 11) is 0. The van der Waals surface area contributed by atoms with E-state index in [-0.39, 0.29) is 5.91 Å². The molecule has 6 aromatic rings. The number of pyridine rings is 1. The third kappa shape index (κ3) is 9.81. The van der Waals surface area contributed by atoms with Gasteiger partial charge in [-0.3, -0.25) is 9.69 Å². The van der Waals surface area contributed by atoms with Crippen LogP contribution in [0.4, 0.5) is 0 Å². The molecule has 0 saturated carbocycles. The van der Waals surface area contributed by atoms with Crippen LogP contribution in [-0.4, -0.2) is 58.5 Å². The lowest BCUT2D eigenvalue weighted by atomic mass is 10.1. The molecule has 8 nitrogen and oxygen atoms in total. The van der Waals surface area contributed by atoms with Crippen molar-refractivity contribution in [3.8, 4) is 22.6 Å². The number of carbonyl (C=O) groups excluding carboxylic acids is 1. The van der Waals surface area contributed by atoms with Gasteiger partial charge in [0.25, 0.3) is 5.19 Å². The molecule has 1 saturated heterocycles. The molecule has 0 unspecified atom stereocenters. The van der Waals surface area contributed by atoms with Gasteiger partial charge in [0, 0.05) is 51.3 Å². The van der Waals surface area contributed by atoms with Gasteiger partial charge in [-0.15, -0.1) is 0 Å². The van der Waals surface area contributed by atoms with E-state index in [1.165, 1.54) is 16.7 Å². The minimum Gasteiger partial charge on any atom is -0.487 e. The zero-order valence-electron chi connectivity index (χ0n) is 29.8. The Morgan fingerprint density at radius 3 is 2.36 bits per heavy atom. The molecule has 3 heterocycles. The fourth-order valence-corrected chi connectivity index (χ4v) is 7.24. The summed E-state index contributed by atoms with van der Waals surface area (Å²) in [5.74, 6) is 1.58. The van der Waals surface area contributed by atoms with Crippen molar-refractivity contribution in [1.29, 1.82) is 0 Å². The van der Waals surface area contributed by atoms with Crippen LogP contribution in [0.1, 0.15) is 33.4 Å². The number of hydrogen-bond acceptors (Lipinski definition) is 8. The fourth-order valence-electron chi connectivity index (χ4n) is 6.09. The highest BCUT2D eigenvalue weighted by molar-refractivity contribution is 7.20. The molecule has 4 aromatic carbocycles. The van der Waals surface area contributed by atoms with E-state index in [0.29, 0.717) is 53.9 Å². The molecule has 0 N–H and O–H groups in total. The first-order valence-corrected chi connectivity index (χ1v) is 18.9. The van der Waals surface area contributed by atoms with Crippen LogP contribution in [0, 0.1) is 13.8 Å². The zero-order chi connectivity index (χ0) is 36.6. The predicted molar refractivity (Wildman–Crippen MR) is 212 cm³/mol. The minimum atomic E-state index is -0.00921. The molecule has 0 radical (unpaired) electrons. The molecule has 0 atom stereocenters. The maximum absolute atomic E-state index is 13.1. The third-order valence-electron chi connectivity index (χ3n) is 9.12. The van der Waals surface area contributed by atoms with Gasteiger partial charge in [0.2, 0.25) is 11.8 Å². The Hall–Kier alpha value is -5.22. The number of benzene rings is 4.